The Hall–Kier alpha value is -1.52. The summed E-state index contributed by atoms with van der Waals surface area (Å²) in [4.78, 5) is 5.48. The summed E-state index contributed by atoms with van der Waals surface area (Å²) in [5.41, 5.74) is 5.29. The predicted octanol–water partition coefficient (Wildman–Crippen LogP) is 3.96. The van der Waals surface area contributed by atoms with E-state index in [4.69, 9.17) is 5.84 Å². The van der Waals surface area contributed by atoms with Crippen LogP contribution in [0, 0.1) is 0 Å². The first kappa shape index (κ1) is 14.9. The van der Waals surface area contributed by atoms with Crippen molar-refractivity contribution in [1.29, 1.82) is 0 Å². The number of anilines is 1. The van der Waals surface area contributed by atoms with E-state index in [1.807, 2.05) is 30.1 Å². The molecule has 4 heteroatoms. The molecule has 0 unspecified atom stereocenters. The Bertz CT molecular complexity index is 541. The number of thioether (sulfide) groups is 1. The molecule has 0 bridgehead atoms. The van der Waals surface area contributed by atoms with Gasteiger partial charge in [0.25, 0.3) is 0 Å². The van der Waals surface area contributed by atoms with E-state index in [9.17, 15) is 0 Å². The lowest BCUT2D eigenvalue weighted by Crippen LogP contribution is -2.10. The normalized spacial score (nSPS) is 11.4. The molecule has 0 atom stereocenters. The molecule has 0 aliphatic carbocycles. The second kappa shape index (κ2) is 6.29. The lowest BCUT2D eigenvalue weighted by atomic mass is 9.87. The maximum absolute atomic E-state index is 5.30. The Balaban J connectivity index is 1.96. The monoisotopic (exact) mass is 287 g/mol. The van der Waals surface area contributed by atoms with Gasteiger partial charge in [0, 0.05) is 16.8 Å². The molecule has 1 aromatic heterocycles. The highest BCUT2D eigenvalue weighted by Gasteiger charge is 2.12. The molecule has 1 aromatic carbocycles. The lowest BCUT2D eigenvalue weighted by Gasteiger charge is -2.19. The van der Waals surface area contributed by atoms with Crippen LogP contribution in [0.15, 0.2) is 47.5 Å². The van der Waals surface area contributed by atoms with E-state index in [-0.39, 0.29) is 5.41 Å². The molecule has 2 rings (SSSR count). The summed E-state index contributed by atoms with van der Waals surface area (Å²) in [6, 6.07) is 12.7. The Kier molecular flexibility index (Phi) is 4.68. The number of benzene rings is 1. The van der Waals surface area contributed by atoms with E-state index in [1.165, 1.54) is 16.0 Å². The maximum Gasteiger partial charge on any atom is 0.139 e. The van der Waals surface area contributed by atoms with Crippen LogP contribution in [-0.4, -0.2) is 4.98 Å². The van der Waals surface area contributed by atoms with Crippen molar-refractivity contribution < 1.29 is 0 Å². The van der Waals surface area contributed by atoms with Gasteiger partial charge in [-0.15, -0.1) is 11.8 Å². The maximum atomic E-state index is 5.30. The average Bonchev–Trinajstić information content (AvgIpc) is 2.45. The number of aromatic nitrogens is 1. The molecule has 0 amide bonds. The molecule has 20 heavy (non-hydrogen) atoms. The quantitative estimate of drug-likeness (QED) is 0.508. The van der Waals surface area contributed by atoms with Gasteiger partial charge < -0.3 is 5.43 Å². The number of pyridine rings is 1. The Labute approximate surface area is 125 Å². The number of nitrogens with zero attached hydrogens (tertiary/aromatic N) is 1. The van der Waals surface area contributed by atoms with Crippen molar-refractivity contribution in [2.45, 2.75) is 36.8 Å². The third-order valence-electron chi connectivity index (χ3n) is 3.10. The Morgan fingerprint density at radius 3 is 2.30 bits per heavy atom. The zero-order chi connectivity index (χ0) is 14.6. The van der Waals surface area contributed by atoms with Crippen LogP contribution in [0.4, 0.5) is 5.82 Å². The van der Waals surface area contributed by atoms with Crippen LogP contribution in [0.25, 0.3) is 0 Å². The van der Waals surface area contributed by atoms with E-state index in [0.717, 1.165) is 5.75 Å². The topological polar surface area (TPSA) is 50.9 Å². The largest absolute Gasteiger partial charge is 0.308 e. The van der Waals surface area contributed by atoms with E-state index in [2.05, 4.69) is 55.4 Å². The molecule has 1 heterocycles. The summed E-state index contributed by atoms with van der Waals surface area (Å²) in [5.74, 6) is 6.89. The number of nitrogens with one attached hydrogen (secondary N) is 1. The van der Waals surface area contributed by atoms with Crippen molar-refractivity contribution in [3.05, 3.63) is 53.7 Å². The highest BCUT2D eigenvalue weighted by atomic mass is 32.2. The minimum Gasteiger partial charge on any atom is -0.308 e. The van der Waals surface area contributed by atoms with Crippen LogP contribution < -0.4 is 11.3 Å². The van der Waals surface area contributed by atoms with Crippen molar-refractivity contribution >= 4 is 17.6 Å². The van der Waals surface area contributed by atoms with E-state index in [0.29, 0.717) is 5.82 Å². The van der Waals surface area contributed by atoms with Crippen molar-refractivity contribution in [3.8, 4) is 0 Å². The molecule has 0 fully saturated rings. The summed E-state index contributed by atoms with van der Waals surface area (Å²) in [7, 11) is 0. The second-order valence-corrected chi connectivity index (χ2v) is 6.81. The Morgan fingerprint density at radius 1 is 1.10 bits per heavy atom. The molecule has 0 radical (unpaired) electrons. The van der Waals surface area contributed by atoms with Gasteiger partial charge in [-0.1, -0.05) is 39.0 Å². The molecular formula is C16H21N3S. The van der Waals surface area contributed by atoms with Gasteiger partial charge in [0.15, 0.2) is 0 Å². The fourth-order valence-electron chi connectivity index (χ4n) is 1.81. The molecule has 2 aromatic rings. The van der Waals surface area contributed by atoms with Crippen LogP contribution in [0.3, 0.4) is 0 Å². The molecule has 0 spiro atoms. The van der Waals surface area contributed by atoms with Crippen LogP contribution in [-0.2, 0) is 11.2 Å². The van der Waals surface area contributed by atoms with Gasteiger partial charge in [-0.2, -0.15) is 0 Å². The minimum atomic E-state index is 0.207. The van der Waals surface area contributed by atoms with Gasteiger partial charge >= 0.3 is 0 Å². The molecule has 0 aliphatic heterocycles. The number of hydrazine groups is 1. The zero-order valence-corrected chi connectivity index (χ0v) is 13.0. The van der Waals surface area contributed by atoms with E-state index in [1.54, 1.807) is 0 Å². The van der Waals surface area contributed by atoms with Crippen molar-refractivity contribution in [3.63, 3.8) is 0 Å². The summed E-state index contributed by atoms with van der Waals surface area (Å²) < 4.78 is 0. The van der Waals surface area contributed by atoms with Crippen LogP contribution >= 0.6 is 11.8 Å². The number of rotatable bonds is 4. The summed E-state index contributed by atoms with van der Waals surface area (Å²) >= 11 is 1.81. The number of nitrogen functional groups attached to an aromatic ring is 1. The van der Waals surface area contributed by atoms with E-state index >= 15 is 0 Å². The fourth-order valence-corrected chi connectivity index (χ4v) is 2.65. The lowest BCUT2D eigenvalue weighted by molar-refractivity contribution is 0.590. The molecule has 106 valence electrons. The fraction of sp³-hybridized carbons (Fsp3) is 0.312. The second-order valence-electron chi connectivity index (χ2n) is 5.76. The SMILES string of the molecule is CC(C)(C)c1ccc(SCc2ccc(NN)nc2)cc1. The van der Waals surface area contributed by atoms with Gasteiger partial charge in [-0.05, 0) is 34.7 Å². The predicted molar refractivity (Wildman–Crippen MR) is 86.8 cm³/mol. The number of hydrogen-bond donors (Lipinski definition) is 2. The van der Waals surface area contributed by atoms with Gasteiger partial charge in [0.1, 0.15) is 5.82 Å². The molecule has 3 N–H and O–H groups in total. The Morgan fingerprint density at radius 2 is 1.80 bits per heavy atom. The first-order valence-electron chi connectivity index (χ1n) is 6.64. The van der Waals surface area contributed by atoms with Gasteiger partial charge in [-0.25, -0.2) is 10.8 Å². The van der Waals surface area contributed by atoms with Crippen molar-refractivity contribution in [2.24, 2.45) is 5.84 Å². The summed E-state index contributed by atoms with van der Waals surface area (Å²) in [6.45, 7) is 6.69. The first-order valence-corrected chi connectivity index (χ1v) is 7.62. The van der Waals surface area contributed by atoms with Crippen molar-refractivity contribution in [1.82, 2.24) is 4.98 Å². The van der Waals surface area contributed by atoms with Gasteiger partial charge in [-0.3, -0.25) is 0 Å². The third-order valence-corrected chi connectivity index (χ3v) is 4.18. The van der Waals surface area contributed by atoms with Crippen LogP contribution in [0.2, 0.25) is 0 Å². The molecule has 0 aliphatic rings. The molecular weight excluding hydrogens is 266 g/mol. The van der Waals surface area contributed by atoms with Crippen LogP contribution in [0.5, 0.6) is 0 Å². The van der Waals surface area contributed by atoms with E-state index < -0.39 is 0 Å². The summed E-state index contributed by atoms with van der Waals surface area (Å²) in [5, 5.41) is 0. The van der Waals surface area contributed by atoms with Crippen molar-refractivity contribution in [2.75, 3.05) is 5.43 Å². The van der Waals surface area contributed by atoms with Crippen LogP contribution in [0.1, 0.15) is 31.9 Å². The third kappa shape index (κ3) is 3.99. The molecule has 0 saturated heterocycles. The standard InChI is InChI=1S/C16H21N3S/c1-16(2,3)13-5-7-14(8-6-13)20-11-12-4-9-15(19-17)18-10-12/h4-10H,11,17H2,1-3H3,(H,18,19). The number of nitrogens with two attached hydrogens (primary N) is 1. The minimum absolute atomic E-state index is 0.207. The molecule has 0 saturated carbocycles. The highest BCUT2D eigenvalue weighted by molar-refractivity contribution is 7.98. The average molecular weight is 287 g/mol. The summed E-state index contributed by atoms with van der Waals surface area (Å²) in [6.07, 6.45) is 1.85. The highest BCUT2D eigenvalue weighted by Crippen LogP contribution is 2.27. The zero-order valence-electron chi connectivity index (χ0n) is 12.2. The first-order chi connectivity index (χ1) is 9.49. The number of hydrogen-bond acceptors (Lipinski definition) is 4. The molecule has 3 nitrogen and oxygen atoms in total. The van der Waals surface area contributed by atoms with Gasteiger partial charge in [0.05, 0.1) is 0 Å². The van der Waals surface area contributed by atoms with Gasteiger partial charge in [0.2, 0.25) is 0 Å². The smallest absolute Gasteiger partial charge is 0.139 e.